The van der Waals surface area contributed by atoms with Crippen LogP contribution in [0, 0.1) is 5.92 Å². The van der Waals surface area contributed by atoms with E-state index in [1.807, 2.05) is 0 Å². The molecule has 1 heterocycles. The van der Waals surface area contributed by atoms with Gasteiger partial charge in [0.1, 0.15) is 0 Å². The van der Waals surface area contributed by atoms with Gasteiger partial charge in [-0.3, -0.25) is 4.90 Å². The summed E-state index contributed by atoms with van der Waals surface area (Å²) in [5.74, 6) is 0.708. The van der Waals surface area contributed by atoms with Gasteiger partial charge in [0.2, 0.25) is 0 Å². The Morgan fingerprint density at radius 1 is 1.26 bits per heavy atom. The molecule has 3 nitrogen and oxygen atoms in total. The van der Waals surface area contributed by atoms with Gasteiger partial charge in [0, 0.05) is 37.8 Å². The van der Waals surface area contributed by atoms with E-state index in [9.17, 15) is 0 Å². The van der Waals surface area contributed by atoms with Gasteiger partial charge in [0.25, 0.3) is 0 Å². The highest BCUT2D eigenvalue weighted by molar-refractivity contribution is 5.01. The molecular weight excluding hydrogens is 236 g/mol. The second-order valence-corrected chi connectivity index (χ2v) is 6.88. The number of nitrogens with zero attached hydrogens (tertiary/aromatic N) is 1. The Morgan fingerprint density at radius 3 is 2.53 bits per heavy atom. The number of hydrogen-bond donors (Lipinski definition) is 1. The van der Waals surface area contributed by atoms with Gasteiger partial charge < -0.3 is 10.1 Å². The van der Waals surface area contributed by atoms with E-state index in [4.69, 9.17) is 4.74 Å². The summed E-state index contributed by atoms with van der Waals surface area (Å²) in [4.78, 5) is 2.70. The SMILES string of the molecule is CCOC(C)CN1CC2(CCCC2)NCC1C(C)C. The maximum Gasteiger partial charge on any atom is 0.0673 e. The second-order valence-electron chi connectivity index (χ2n) is 6.88. The fraction of sp³-hybridized carbons (Fsp3) is 1.00. The molecule has 0 aromatic heterocycles. The van der Waals surface area contributed by atoms with Crippen molar-refractivity contribution in [1.82, 2.24) is 10.2 Å². The molecule has 1 saturated heterocycles. The third-order valence-electron chi connectivity index (χ3n) is 4.93. The Kier molecular flexibility index (Phi) is 5.27. The lowest BCUT2D eigenvalue weighted by molar-refractivity contribution is -0.00498. The van der Waals surface area contributed by atoms with Crippen molar-refractivity contribution < 1.29 is 4.74 Å². The molecule has 1 saturated carbocycles. The predicted molar refractivity (Wildman–Crippen MR) is 80.5 cm³/mol. The zero-order valence-electron chi connectivity index (χ0n) is 13.2. The highest BCUT2D eigenvalue weighted by Crippen LogP contribution is 2.34. The summed E-state index contributed by atoms with van der Waals surface area (Å²) in [6.45, 7) is 13.3. The number of rotatable bonds is 5. The van der Waals surface area contributed by atoms with E-state index >= 15 is 0 Å². The van der Waals surface area contributed by atoms with Crippen molar-refractivity contribution >= 4 is 0 Å². The Hall–Kier alpha value is -0.120. The molecule has 3 heteroatoms. The van der Waals surface area contributed by atoms with E-state index in [2.05, 4.69) is 37.9 Å². The molecule has 2 unspecified atom stereocenters. The normalized spacial score (nSPS) is 29.2. The number of ether oxygens (including phenoxy) is 1. The number of hydrogen-bond acceptors (Lipinski definition) is 3. The standard InChI is InChI=1S/C16H32N2O/c1-5-19-14(4)11-18-12-16(8-6-7-9-16)17-10-15(18)13(2)3/h13-15,17H,5-12H2,1-4H3. The summed E-state index contributed by atoms with van der Waals surface area (Å²) < 4.78 is 5.76. The van der Waals surface area contributed by atoms with Gasteiger partial charge in [0.05, 0.1) is 6.10 Å². The van der Waals surface area contributed by atoms with Crippen LogP contribution in [0.15, 0.2) is 0 Å². The Bertz CT molecular complexity index is 274. The highest BCUT2D eigenvalue weighted by Gasteiger charge is 2.41. The largest absolute Gasteiger partial charge is 0.377 e. The minimum absolute atomic E-state index is 0.350. The summed E-state index contributed by atoms with van der Waals surface area (Å²) in [6, 6.07) is 0.661. The first-order valence-corrected chi connectivity index (χ1v) is 8.17. The van der Waals surface area contributed by atoms with Crippen LogP contribution in [0.1, 0.15) is 53.4 Å². The molecule has 0 radical (unpaired) electrons. The summed E-state index contributed by atoms with van der Waals surface area (Å²) in [5, 5.41) is 3.88. The minimum Gasteiger partial charge on any atom is -0.377 e. The fourth-order valence-corrected chi connectivity index (χ4v) is 3.92. The first-order valence-electron chi connectivity index (χ1n) is 8.17. The third-order valence-corrected chi connectivity index (χ3v) is 4.93. The zero-order chi connectivity index (χ0) is 13.9. The van der Waals surface area contributed by atoms with Crippen LogP contribution in [0.3, 0.4) is 0 Å². The van der Waals surface area contributed by atoms with Gasteiger partial charge in [-0.1, -0.05) is 26.7 Å². The maximum atomic E-state index is 5.76. The van der Waals surface area contributed by atoms with Crippen molar-refractivity contribution in [3.8, 4) is 0 Å². The Morgan fingerprint density at radius 2 is 1.95 bits per heavy atom. The van der Waals surface area contributed by atoms with Crippen molar-refractivity contribution in [2.45, 2.75) is 71.1 Å². The Labute approximate surface area is 119 Å². The molecule has 112 valence electrons. The first kappa shape index (κ1) is 15.3. The van der Waals surface area contributed by atoms with Crippen LogP contribution >= 0.6 is 0 Å². The Balaban J connectivity index is 2.00. The van der Waals surface area contributed by atoms with E-state index in [0.29, 0.717) is 23.6 Å². The summed E-state index contributed by atoms with van der Waals surface area (Å²) in [5.41, 5.74) is 0.414. The predicted octanol–water partition coefficient (Wildman–Crippen LogP) is 2.65. The van der Waals surface area contributed by atoms with E-state index in [1.54, 1.807) is 0 Å². The lowest BCUT2D eigenvalue weighted by Crippen LogP contribution is -2.65. The molecule has 2 fully saturated rings. The van der Waals surface area contributed by atoms with Gasteiger partial charge in [-0.05, 0) is 32.6 Å². The maximum absolute atomic E-state index is 5.76. The fourth-order valence-electron chi connectivity index (χ4n) is 3.92. The van der Waals surface area contributed by atoms with Crippen molar-refractivity contribution in [3.63, 3.8) is 0 Å². The molecule has 1 aliphatic carbocycles. The molecule has 19 heavy (non-hydrogen) atoms. The second kappa shape index (κ2) is 6.55. The summed E-state index contributed by atoms with van der Waals surface area (Å²) in [6.07, 6.45) is 5.86. The van der Waals surface area contributed by atoms with E-state index < -0.39 is 0 Å². The van der Waals surface area contributed by atoms with Gasteiger partial charge >= 0.3 is 0 Å². The molecule has 2 aliphatic rings. The molecule has 2 atom stereocenters. The van der Waals surface area contributed by atoms with Crippen LogP contribution in [0.25, 0.3) is 0 Å². The third kappa shape index (κ3) is 3.71. The topological polar surface area (TPSA) is 24.5 Å². The number of nitrogens with one attached hydrogen (secondary N) is 1. The van der Waals surface area contributed by atoms with E-state index in [0.717, 1.165) is 19.7 Å². The molecule has 0 aromatic rings. The molecular formula is C16H32N2O. The van der Waals surface area contributed by atoms with Crippen molar-refractivity contribution in [1.29, 1.82) is 0 Å². The molecule has 0 aromatic carbocycles. The minimum atomic E-state index is 0.350. The lowest BCUT2D eigenvalue weighted by Gasteiger charge is -2.48. The van der Waals surface area contributed by atoms with Crippen LogP contribution in [-0.2, 0) is 4.74 Å². The molecule has 2 rings (SSSR count). The monoisotopic (exact) mass is 268 g/mol. The molecule has 1 aliphatic heterocycles. The van der Waals surface area contributed by atoms with Crippen molar-refractivity contribution in [2.24, 2.45) is 5.92 Å². The van der Waals surface area contributed by atoms with Crippen LogP contribution < -0.4 is 5.32 Å². The van der Waals surface area contributed by atoms with Crippen molar-refractivity contribution in [3.05, 3.63) is 0 Å². The smallest absolute Gasteiger partial charge is 0.0673 e. The summed E-state index contributed by atoms with van der Waals surface area (Å²) in [7, 11) is 0. The van der Waals surface area contributed by atoms with Crippen LogP contribution in [0.5, 0.6) is 0 Å². The van der Waals surface area contributed by atoms with E-state index in [1.165, 1.54) is 32.2 Å². The van der Waals surface area contributed by atoms with Crippen LogP contribution in [0.4, 0.5) is 0 Å². The molecule has 1 spiro atoms. The highest BCUT2D eigenvalue weighted by atomic mass is 16.5. The lowest BCUT2D eigenvalue weighted by atomic mass is 9.89. The molecule has 0 amide bonds. The van der Waals surface area contributed by atoms with E-state index in [-0.39, 0.29) is 0 Å². The zero-order valence-corrected chi connectivity index (χ0v) is 13.2. The summed E-state index contributed by atoms with van der Waals surface area (Å²) >= 11 is 0. The van der Waals surface area contributed by atoms with Crippen molar-refractivity contribution in [2.75, 3.05) is 26.2 Å². The van der Waals surface area contributed by atoms with Gasteiger partial charge in [-0.15, -0.1) is 0 Å². The molecule has 1 N–H and O–H groups in total. The average Bonchev–Trinajstić information content (AvgIpc) is 2.77. The number of piperazine rings is 1. The molecule has 0 bridgehead atoms. The van der Waals surface area contributed by atoms with Crippen LogP contribution in [-0.4, -0.2) is 48.8 Å². The van der Waals surface area contributed by atoms with Gasteiger partial charge in [-0.2, -0.15) is 0 Å². The van der Waals surface area contributed by atoms with Gasteiger partial charge in [0.15, 0.2) is 0 Å². The first-order chi connectivity index (χ1) is 9.06. The van der Waals surface area contributed by atoms with Crippen LogP contribution in [0.2, 0.25) is 0 Å². The van der Waals surface area contributed by atoms with Gasteiger partial charge in [-0.25, -0.2) is 0 Å². The average molecular weight is 268 g/mol. The quantitative estimate of drug-likeness (QED) is 0.829.